The lowest BCUT2D eigenvalue weighted by Crippen LogP contribution is -2.26. The van der Waals surface area contributed by atoms with Crippen LogP contribution in [0.15, 0.2) is 35.2 Å². The quantitative estimate of drug-likeness (QED) is 0.626. The summed E-state index contributed by atoms with van der Waals surface area (Å²) < 4.78 is 28.0. The Morgan fingerprint density at radius 3 is 2.50 bits per heavy atom. The first-order chi connectivity index (χ1) is 12.2. The Hall–Kier alpha value is -1.53. The molecule has 3 rings (SSSR count). The number of aromatic amines is 1. The van der Waals surface area contributed by atoms with Crippen LogP contribution < -0.4 is 4.72 Å². The molecule has 0 unspecified atom stereocenters. The number of H-pyrrole nitrogens is 1. The second-order valence-corrected chi connectivity index (χ2v) is 8.96. The molecule has 0 aliphatic rings. The van der Waals surface area contributed by atoms with Crippen LogP contribution in [0.5, 0.6) is 0 Å². The second kappa shape index (κ2) is 7.24. The third kappa shape index (κ3) is 3.62. The van der Waals surface area contributed by atoms with Gasteiger partial charge in [-0.3, -0.25) is 0 Å². The van der Waals surface area contributed by atoms with E-state index in [-0.39, 0.29) is 4.90 Å². The summed E-state index contributed by atoms with van der Waals surface area (Å²) in [6.45, 7) is 5.79. The predicted octanol–water partition coefficient (Wildman–Crippen LogP) is 4.92. The summed E-state index contributed by atoms with van der Waals surface area (Å²) in [5.41, 5.74) is 4.30. The van der Waals surface area contributed by atoms with Gasteiger partial charge in [-0.25, -0.2) is 13.1 Å². The molecule has 0 aliphatic heterocycles. The summed E-state index contributed by atoms with van der Waals surface area (Å²) in [6.07, 6.45) is 0.566. The molecule has 2 N–H and O–H groups in total. The number of para-hydroxylation sites is 1. The van der Waals surface area contributed by atoms with E-state index in [0.717, 1.165) is 27.7 Å². The zero-order chi connectivity index (χ0) is 19.1. The van der Waals surface area contributed by atoms with Gasteiger partial charge in [-0.2, -0.15) is 0 Å². The summed E-state index contributed by atoms with van der Waals surface area (Å²) >= 11 is 12.3. The molecule has 0 amide bonds. The molecule has 1 aromatic heterocycles. The van der Waals surface area contributed by atoms with Crippen LogP contribution in [0.3, 0.4) is 0 Å². The van der Waals surface area contributed by atoms with E-state index in [0.29, 0.717) is 28.6 Å². The minimum Gasteiger partial charge on any atom is -0.357 e. The molecule has 0 spiro atoms. The summed E-state index contributed by atoms with van der Waals surface area (Å²) in [5, 5.41) is 2.24. The fourth-order valence-corrected chi connectivity index (χ4v) is 4.90. The number of hydrogen-bond donors (Lipinski definition) is 2. The van der Waals surface area contributed by atoms with E-state index in [2.05, 4.69) is 9.71 Å². The SMILES string of the molecule is Cc1cc(S(=O)(=O)NCCc2c(C)[nH]c3c(Cl)cccc23)c(C)cc1Cl. The average molecular weight is 411 g/mol. The number of sulfonamides is 1. The molecule has 4 nitrogen and oxygen atoms in total. The van der Waals surface area contributed by atoms with Gasteiger partial charge in [0.05, 0.1) is 15.4 Å². The van der Waals surface area contributed by atoms with Gasteiger partial charge in [0, 0.05) is 22.6 Å². The van der Waals surface area contributed by atoms with Gasteiger partial charge in [0.1, 0.15) is 0 Å². The maximum Gasteiger partial charge on any atom is 0.240 e. The third-order valence-corrected chi connectivity index (χ3v) is 6.84. The van der Waals surface area contributed by atoms with Crippen molar-refractivity contribution in [2.45, 2.75) is 32.1 Å². The maximum atomic E-state index is 12.7. The van der Waals surface area contributed by atoms with Gasteiger partial charge in [-0.15, -0.1) is 0 Å². The number of aromatic nitrogens is 1. The summed E-state index contributed by atoms with van der Waals surface area (Å²) in [6, 6.07) is 9.00. The number of rotatable bonds is 5. The largest absolute Gasteiger partial charge is 0.357 e. The Kier molecular flexibility index (Phi) is 5.35. The monoisotopic (exact) mass is 410 g/mol. The number of fused-ring (bicyclic) bond motifs is 1. The van der Waals surface area contributed by atoms with E-state index in [1.54, 1.807) is 26.0 Å². The fraction of sp³-hybridized carbons (Fsp3) is 0.263. The van der Waals surface area contributed by atoms with Crippen molar-refractivity contribution in [2.24, 2.45) is 0 Å². The van der Waals surface area contributed by atoms with Crippen molar-refractivity contribution in [1.29, 1.82) is 0 Å². The van der Waals surface area contributed by atoms with E-state index < -0.39 is 10.0 Å². The number of halogens is 2. The minimum absolute atomic E-state index is 0.262. The highest BCUT2D eigenvalue weighted by Crippen LogP contribution is 2.28. The molecule has 7 heteroatoms. The Balaban J connectivity index is 1.81. The second-order valence-electron chi connectivity index (χ2n) is 6.41. The van der Waals surface area contributed by atoms with Crippen LogP contribution in [0.25, 0.3) is 10.9 Å². The first-order valence-electron chi connectivity index (χ1n) is 8.23. The van der Waals surface area contributed by atoms with Gasteiger partial charge in [0.2, 0.25) is 10.0 Å². The highest BCUT2D eigenvalue weighted by atomic mass is 35.5. The lowest BCUT2D eigenvalue weighted by Gasteiger charge is -2.11. The average Bonchev–Trinajstić information content (AvgIpc) is 2.88. The smallest absolute Gasteiger partial charge is 0.240 e. The van der Waals surface area contributed by atoms with Crippen LogP contribution in [0.2, 0.25) is 10.0 Å². The van der Waals surface area contributed by atoms with Gasteiger partial charge in [-0.05, 0) is 62.1 Å². The van der Waals surface area contributed by atoms with Crippen LogP contribution in [0.1, 0.15) is 22.4 Å². The van der Waals surface area contributed by atoms with Gasteiger partial charge < -0.3 is 4.98 Å². The molecule has 3 aromatic rings. The van der Waals surface area contributed by atoms with Crippen molar-refractivity contribution in [3.8, 4) is 0 Å². The molecule has 0 saturated carbocycles. The Bertz CT molecular complexity index is 1090. The maximum absolute atomic E-state index is 12.7. The number of hydrogen-bond acceptors (Lipinski definition) is 2. The highest BCUT2D eigenvalue weighted by Gasteiger charge is 2.18. The molecule has 0 saturated heterocycles. The standard InChI is InChI=1S/C19H20Cl2N2O2S/c1-11-10-18(12(2)9-17(11)21)26(24,25)22-8-7-14-13(3)23-19-15(14)5-4-6-16(19)20/h4-6,9-10,22-23H,7-8H2,1-3H3. The summed E-state index contributed by atoms with van der Waals surface area (Å²) in [4.78, 5) is 3.54. The summed E-state index contributed by atoms with van der Waals surface area (Å²) in [7, 11) is -3.60. The van der Waals surface area contributed by atoms with Gasteiger partial charge >= 0.3 is 0 Å². The number of aryl methyl sites for hydroxylation is 3. The summed E-state index contributed by atoms with van der Waals surface area (Å²) in [5.74, 6) is 0. The molecule has 1 heterocycles. The molecule has 0 radical (unpaired) electrons. The third-order valence-electron chi connectivity index (χ3n) is 4.52. The van der Waals surface area contributed by atoms with Crippen molar-refractivity contribution < 1.29 is 8.42 Å². The van der Waals surface area contributed by atoms with Crippen LogP contribution in [0, 0.1) is 20.8 Å². The molecular weight excluding hydrogens is 391 g/mol. The van der Waals surface area contributed by atoms with Crippen molar-refractivity contribution in [1.82, 2.24) is 9.71 Å². The zero-order valence-electron chi connectivity index (χ0n) is 14.8. The van der Waals surface area contributed by atoms with E-state index in [9.17, 15) is 8.42 Å². The molecule has 2 aromatic carbocycles. The molecular formula is C19H20Cl2N2O2S. The fourth-order valence-electron chi connectivity index (χ4n) is 3.12. The van der Waals surface area contributed by atoms with Crippen molar-refractivity contribution in [3.63, 3.8) is 0 Å². The molecule has 0 aliphatic carbocycles. The van der Waals surface area contributed by atoms with Gasteiger partial charge in [0.15, 0.2) is 0 Å². The highest BCUT2D eigenvalue weighted by molar-refractivity contribution is 7.89. The minimum atomic E-state index is -3.60. The first kappa shape index (κ1) is 19.2. The first-order valence-corrected chi connectivity index (χ1v) is 10.5. The van der Waals surface area contributed by atoms with Crippen molar-refractivity contribution >= 4 is 44.1 Å². The van der Waals surface area contributed by atoms with E-state index in [4.69, 9.17) is 23.2 Å². The van der Waals surface area contributed by atoms with Gasteiger partial charge in [0.25, 0.3) is 0 Å². The molecule has 0 atom stereocenters. The normalized spacial score (nSPS) is 12.0. The van der Waals surface area contributed by atoms with E-state index >= 15 is 0 Å². The van der Waals surface area contributed by atoms with Crippen molar-refractivity contribution in [3.05, 3.63) is 62.8 Å². The van der Waals surface area contributed by atoms with Crippen LogP contribution in [-0.2, 0) is 16.4 Å². The zero-order valence-corrected chi connectivity index (χ0v) is 17.1. The van der Waals surface area contributed by atoms with E-state index in [1.807, 2.05) is 25.1 Å². The Morgan fingerprint density at radius 1 is 1.04 bits per heavy atom. The lowest BCUT2D eigenvalue weighted by molar-refractivity contribution is 0.581. The molecule has 0 bridgehead atoms. The van der Waals surface area contributed by atoms with Gasteiger partial charge in [-0.1, -0.05) is 35.3 Å². The molecule has 0 fully saturated rings. The van der Waals surface area contributed by atoms with Crippen LogP contribution >= 0.6 is 23.2 Å². The predicted molar refractivity (Wildman–Crippen MR) is 108 cm³/mol. The van der Waals surface area contributed by atoms with E-state index in [1.165, 1.54) is 0 Å². The lowest BCUT2D eigenvalue weighted by atomic mass is 10.1. The van der Waals surface area contributed by atoms with Crippen molar-refractivity contribution in [2.75, 3.05) is 6.54 Å². The Labute approximate surface area is 163 Å². The number of nitrogens with one attached hydrogen (secondary N) is 2. The molecule has 26 heavy (non-hydrogen) atoms. The molecule has 138 valence electrons. The van der Waals surface area contributed by atoms with Crippen LogP contribution in [0.4, 0.5) is 0 Å². The Morgan fingerprint density at radius 2 is 1.77 bits per heavy atom. The topological polar surface area (TPSA) is 62.0 Å². The number of benzene rings is 2. The van der Waals surface area contributed by atoms with Crippen LogP contribution in [-0.4, -0.2) is 19.9 Å².